The highest BCUT2D eigenvalue weighted by molar-refractivity contribution is 6.32. The lowest BCUT2D eigenvalue weighted by atomic mass is 9.88. The molecule has 1 fully saturated rings. The summed E-state index contributed by atoms with van der Waals surface area (Å²) in [5.74, 6) is 0.433. The van der Waals surface area contributed by atoms with Crippen molar-refractivity contribution in [3.63, 3.8) is 0 Å². The van der Waals surface area contributed by atoms with Gasteiger partial charge < -0.3 is 15.0 Å². The van der Waals surface area contributed by atoms with Crippen LogP contribution in [0.1, 0.15) is 55.5 Å². The van der Waals surface area contributed by atoms with E-state index in [0.717, 1.165) is 30.5 Å². The number of benzene rings is 1. The Morgan fingerprint density at radius 1 is 1.25 bits per heavy atom. The molecule has 3 aliphatic rings. The molecule has 28 heavy (non-hydrogen) atoms. The van der Waals surface area contributed by atoms with E-state index in [2.05, 4.69) is 11.4 Å². The molecule has 1 aliphatic carbocycles. The Bertz CT molecular complexity index is 829. The van der Waals surface area contributed by atoms with E-state index in [1.54, 1.807) is 11.0 Å². The lowest BCUT2D eigenvalue weighted by Crippen LogP contribution is -2.47. The number of nitrogens with one attached hydrogen (secondary N) is 1. The number of nitrogens with zero attached hydrogens (tertiary/aromatic N) is 1. The molecule has 2 aliphatic heterocycles. The first-order chi connectivity index (χ1) is 13.4. The molecule has 0 spiro atoms. The summed E-state index contributed by atoms with van der Waals surface area (Å²) in [6, 6.07) is 3.68. The molecular weight excluding hydrogens is 376 g/mol. The average molecular weight is 403 g/mol. The second kappa shape index (κ2) is 7.78. The van der Waals surface area contributed by atoms with Gasteiger partial charge in [0.1, 0.15) is 5.75 Å². The van der Waals surface area contributed by atoms with Crippen molar-refractivity contribution >= 4 is 23.4 Å². The van der Waals surface area contributed by atoms with Gasteiger partial charge in [0, 0.05) is 24.4 Å². The van der Waals surface area contributed by atoms with Crippen molar-refractivity contribution in [1.29, 1.82) is 0 Å². The molecule has 0 aromatic heterocycles. The standard InChI is InChI=1S/C22H27ClN2O3/c1-13-9-14(2)24-21(26)18(13)12-25-8-7-15-10-19(23)20(11-17(15)22(25)27)28-16-5-3-4-6-16/h9-11,13,16,18H,3-8,12H2,1-2H3,(H,24,26). The van der Waals surface area contributed by atoms with E-state index < -0.39 is 0 Å². The van der Waals surface area contributed by atoms with Crippen molar-refractivity contribution in [2.24, 2.45) is 11.8 Å². The average Bonchev–Trinajstić information content (AvgIpc) is 3.14. The zero-order valence-corrected chi connectivity index (χ0v) is 17.2. The second-order valence-corrected chi connectivity index (χ2v) is 8.68. The molecule has 2 unspecified atom stereocenters. The molecule has 1 aromatic carbocycles. The normalized spacial score (nSPS) is 25.4. The summed E-state index contributed by atoms with van der Waals surface area (Å²) in [4.78, 5) is 27.4. The van der Waals surface area contributed by atoms with Crippen LogP contribution in [0.4, 0.5) is 0 Å². The van der Waals surface area contributed by atoms with Crippen LogP contribution >= 0.6 is 11.6 Å². The number of allylic oxidation sites excluding steroid dienone is 2. The van der Waals surface area contributed by atoms with Gasteiger partial charge in [-0.3, -0.25) is 9.59 Å². The number of fused-ring (bicyclic) bond motifs is 1. The van der Waals surface area contributed by atoms with Gasteiger partial charge in [0.25, 0.3) is 5.91 Å². The van der Waals surface area contributed by atoms with E-state index in [0.29, 0.717) is 29.4 Å². The molecule has 2 heterocycles. The SMILES string of the molecule is CC1=CC(C)C(CN2CCc3cc(Cl)c(OC4CCCC4)cc3C2=O)C(=O)N1. The molecular formula is C22H27ClN2O3. The first-order valence-corrected chi connectivity index (χ1v) is 10.6. The second-order valence-electron chi connectivity index (χ2n) is 8.27. The lowest BCUT2D eigenvalue weighted by Gasteiger charge is -2.35. The molecule has 5 nitrogen and oxygen atoms in total. The summed E-state index contributed by atoms with van der Waals surface area (Å²) in [5.41, 5.74) is 2.49. The Hall–Kier alpha value is -2.01. The summed E-state index contributed by atoms with van der Waals surface area (Å²) in [5, 5.41) is 3.46. The number of hydrogen-bond donors (Lipinski definition) is 1. The van der Waals surface area contributed by atoms with E-state index in [1.807, 2.05) is 19.9 Å². The minimum atomic E-state index is -0.226. The maximum absolute atomic E-state index is 13.1. The third kappa shape index (κ3) is 3.77. The fourth-order valence-electron chi connectivity index (χ4n) is 4.54. The summed E-state index contributed by atoms with van der Waals surface area (Å²) < 4.78 is 6.08. The van der Waals surface area contributed by atoms with Gasteiger partial charge >= 0.3 is 0 Å². The summed E-state index contributed by atoms with van der Waals surface area (Å²) >= 11 is 6.42. The minimum absolute atomic E-state index is 0.00698. The van der Waals surface area contributed by atoms with Crippen LogP contribution in [0, 0.1) is 11.8 Å². The summed E-state index contributed by atoms with van der Waals surface area (Å²) in [6.07, 6.45) is 7.41. The van der Waals surface area contributed by atoms with Gasteiger partial charge in [0.05, 0.1) is 17.0 Å². The third-order valence-corrected chi connectivity index (χ3v) is 6.44. The first-order valence-electron chi connectivity index (χ1n) is 10.2. The first kappa shape index (κ1) is 19.3. The molecule has 2 amide bonds. The van der Waals surface area contributed by atoms with Crippen LogP contribution in [-0.4, -0.2) is 35.9 Å². The van der Waals surface area contributed by atoms with Gasteiger partial charge in [-0.1, -0.05) is 24.6 Å². The van der Waals surface area contributed by atoms with Crippen molar-refractivity contribution < 1.29 is 14.3 Å². The van der Waals surface area contributed by atoms with Crippen molar-refractivity contribution in [3.05, 3.63) is 40.1 Å². The number of carbonyl (C=O) groups is 2. The summed E-state index contributed by atoms with van der Waals surface area (Å²) in [6.45, 7) is 4.95. The van der Waals surface area contributed by atoms with Gasteiger partial charge in [-0.25, -0.2) is 0 Å². The maximum Gasteiger partial charge on any atom is 0.254 e. The molecule has 2 atom stereocenters. The van der Waals surface area contributed by atoms with Gasteiger partial charge in [-0.2, -0.15) is 0 Å². The topological polar surface area (TPSA) is 58.6 Å². The Balaban J connectivity index is 1.53. The Morgan fingerprint density at radius 2 is 2.00 bits per heavy atom. The Morgan fingerprint density at radius 3 is 2.71 bits per heavy atom. The molecule has 0 bridgehead atoms. The smallest absolute Gasteiger partial charge is 0.254 e. The zero-order valence-electron chi connectivity index (χ0n) is 16.5. The number of halogens is 1. The van der Waals surface area contributed by atoms with E-state index in [9.17, 15) is 9.59 Å². The number of carbonyl (C=O) groups excluding carboxylic acids is 2. The van der Waals surface area contributed by atoms with Crippen LogP contribution in [-0.2, 0) is 11.2 Å². The zero-order chi connectivity index (χ0) is 19.8. The van der Waals surface area contributed by atoms with Crippen LogP contribution in [0.25, 0.3) is 0 Å². The molecule has 0 radical (unpaired) electrons. The van der Waals surface area contributed by atoms with E-state index in [-0.39, 0.29) is 29.8 Å². The molecule has 1 aromatic rings. The fourth-order valence-corrected chi connectivity index (χ4v) is 4.77. The molecule has 4 rings (SSSR count). The predicted molar refractivity (Wildman–Crippen MR) is 108 cm³/mol. The van der Waals surface area contributed by atoms with Crippen molar-refractivity contribution in [3.8, 4) is 5.75 Å². The fraction of sp³-hybridized carbons (Fsp3) is 0.545. The van der Waals surface area contributed by atoms with Gasteiger partial charge in [0.15, 0.2) is 0 Å². The van der Waals surface area contributed by atoms with Gasteiger partial charge in [0.2, 0.25) is 5.91 Å². The van der Waals surface area contributed by atoms with Crippen molar-refractivity contribution in [2.75, 3.05) is 13.1 Å². The summed E-state index contributed by atoms with van der Waals surface area (Å²) in [7, 11) is 0. The van der Waals surface area contributed by atoms with Crippen molar-refractivity contribution in [2.45, 2.75) is 52.1 Å². The maximum atomic E-state index is 13.1. The third-order valence-electron chi connectivity index (χ3n) is 6.14. The molecule has 1 N–H and O–H groups in total. The number of amides is 2. The van der Waals surface area contributed by atoms with Crippen LogP contribution in [0.2, 0.25) is 5.02 Å². The monoisotopic (exact) mass is 402 g/mol. The number of rotatable bonds is 4. The minimum Gasteiger partial charge on any atom is -0.489 e. The number of ether oxygens (including phenoxy) is 1. The van der Waals surface area contributed by atoms with Crippen molar-refractivity contribution in [1.82, 2.24) is 10.2 Å². The highest BCUT2D eigenvalue weighted by Crippen LogP contribution is 2.35. The van der Waals surface area contributed by atoms with Gasteiger partial charge in [-0.15, -0.1) is 0 Å². The van der Waals surface area contributed by atoms with Crippen LogP contribution in [0.5, 0.6) is 5.75 Å². The highest BCUT2D eigenvalue weighted by Gasteiger charge is 2.34. The quantitative estimate of drug-likeness (QED) is 0.829. The molecule has 0 saturated heterocycles. The van der Waals surface area contributed by atoms with Crippen LogP contribution < -0.4 is 10.1 Å². The van der Waals surface area contributed by atoms with Crippen LogP contribution in [0.3, 0.4) is 0 Å². The predicted octanol–water partition coefficient (Wildman–Crippen LogP) is 3.95. The number of hydrogen-bond acceptors (Lipinski definition) is 3. The molecule has 6 heteroatoms. The van der Waals surface area contributed by atoms with Crippen LogP contribution in [0.15, 0.2) is 23.9 Å². The lowest BCUT2D eigenvalue weighted by molar-refractivity contribution is -0.126. The molecule has 150 valence electrons. The Labute approximate surface area is 171 Å². The molecule has 1 saturated carbocycles. The van der Waals surface area contributed by atoms with E-state index in [1.165, 1.54) is 12.8 Å². The van der Waals surface area contributed by atoms with E-state index in [4.69, 9.17) is 16.3 Å². The van der Waals surface area contributed by atoms with Gasteiger partial charge in [-0.05, 0) is 62.6 Å². The highest BCUT2D eigenvalue weighted by atomic mass is 35.5. The largest absolute Gasteiger partial charge is 0.489 e. The van der Waals surface area contributed by atoms with E-state index >= 15 is 0 Å². The Kier molecular flexibility index (Phi) is 5.37.